The monoisotopic (exact) mass is 359 g/mol. The summed E-state index contributed by atoms with van der Waals surface area (Å²) in [7, 11) is 0. The van der Waals surface area contributed by atoms with E-state index in [2.05, 4.69) is 15.5 Å². The number of aromatic nitrogens is 2. The lowest BCUT2D eigenvalue weighted by Gasteiger charge is -2.10. The number of amides is 1. The molecule has 2 heterocycles. The highest BCUT2D eigenvalue weighted by Crippen LogP contribution is 2.28. The molecule has 0 bridgehead atoms. The molecule has 1 atom stereocenters. The summed E-state index contributed by atoms with van der Waals surface area (Å²) in [6.45, 7) is 4.37. The molecule has 24 heavy (non-hydrogen) atoms. The van der Waals surface area contributed by atoms with Crippen molar-refractivity contribution in [3.05, 3.63) is 52.9 Å². The van der Waals surface area contributed by atoms with Crippen molar-refractivity contribution in [1.29, 1.82) is 0 Å². The number of nitrogens with zero attached hydrogens (tertiary/aromatic N) is 2. The third kappa shape index (κ3) is 4.24. The first-order valence-corrected chi connectivity index (χ1v) is 9.25. The van der Waals surface area contributed by atoms with Crippen LogP contribution in [0.2, 0.25) is 0 Å². The van der Waals surface area contributed by atoms with Crippen molar-refractivity contribution in [3.63, 3.8) is 0 Å². The van der Waals surface area contributed by atoms with Gasteiger partial charge in [-0.25, -0.2) is 0 Å². The minimum absolute atomic E-state index is 0.0588. The molecule has 0 aliphatic heterocycles. The number of benzene rings is 1. The fraction of sp³-hybridized carbons (Fsp3) is 0.235. The van der Waals surface area contributed by atoms with E-state index in [-0.39, 0.29) is 11.2 Å². The SMILES string of the molecule is Cc1ccc(CNC(=O)[C@@H](C)Sc2nnc(-c3cccs3)o2)cc1. The van der Waals surface area contributed by atoms with Crippen molar-refractivity contribution >= 4 is 29.0 Å². The number of hydrogen-bond donors (Lipinski definition) is 1. The van der Waals surface area contributed by atoms with E-state index in [4.69, 9.17) is 4.42 Å². The molecule has 0 aliphatic carbocycles. The lowest BCUT2D eigenvalue weighted by Crippen LogP contribution is -2.30. The first-order valence-electron chi connectivity index (χ1n) is 7.49. The molecule has 0 radical (unpaired) electrons. The molecular weight excluding hydrogens is 342 g/mol. The number of thioether (sulfide) groups is 1. The van der Waals surface area contributed by atoms with Crippen molar-refractivity contribution in [2.45, 2.75) is 30.9 Å². The molecule has 2 aromatic heterocycles. The highest BCUT2D eigenvalue weighted by Gasteiger charge is 2.18. The molecule has 7 heteroatoms. The van der Waals surface area contributed by atoms with Crippen molar-refractivity contribution in [1.82, 2.24) is 15.5 Å². The van der Waals surface area contributed by atoms with E-state index in [1.165, 1.54) is 28.7 Å². The fourth-order valence-corrected chi connectivity index (χ4v) is 3.35. The molecule has 0 saturated carbocycles. The maximum Gasteiger partial charge on any atom is 0.277 e. The van der Waals surface area contributed by atoms with E-state index >= 15 is 0 Å². The molecule has 3 aromatic rings. The summed E-state index contributed by atoms with van der Waals surface area (Å²) in [5.74, 6) is 0.427. The molecule has 0 unspecified atom stereocenters. The van der Waals surface area contributed by atoms with Crippen LogP contribution in [-0.4, -0.2) is 21.4 Å². The van der Waals surface area contributed by atoms with Crippen LogP contribution in [0.1, 0.15) is 18.1 Å². The summed E-state index contributed by atoms with van der Waals surface area (Å²) >= 11 is 2.80. The number of hydrogen-bond acceptors (Lipinski definition) is 6. The second-order valence-corrected chi connectivity index (χ2v) is 7.55. The van der Waals surface area contributed by atoms with Crippen LogP contribution in [-0.2, 0) is 11.3 Å². The van der Waals surface area contributed by atoms with Gasteiger partial charge >= 0.3 is 0 Å². The minimum Gasteiger partial charge on any atom is -0.410 e. The molecule has 0 fully saturated rings. The fourth-order valence-electron chi connectivity index (χ4n) is 2.00. The predicted octanol–water partition coefficient (Wildman–Crippen LogP) is 3.90. The van der Waals surface area contributed by atoms with Crippen LogP contribution in [0, 0.1) is 6.92 Å². The van der Waals surface area contributed by atoms with Gasteiger partial charge in [-0.05, 0) is 30.9 Å². The summed E-state index contributed by atoms with van der Waals surface area (Å²) in [5, 5.41) is 13.0. The highest BCUT2D eigenvalue weighted by atomic mass is 32.2. The molecule has 0 spiro atoms. The average Bonchev–Trinajstić information content (AvgIpc) is 3.25. The zero-order chi connectivity index (χ0) is 16.9. The lowest BCUT2D eigenvalue weighted by atomic mass is 10.1. The Morgan fingerprint density at radius 3 is 2.79 bits per heavy atom. The summed E-state index contributed by atoms with van der Waals surface area (Å²) in [6.07, 6.45) is 0. The topological polar surface area (TPSA) is 68.0 Å². The first kappa shape index (κ1) is 16.7. The van der Waals surface area contributed by atoms with Gasteiger partial charge in [0.25, 0.3) is 11.1 Å². The van der Waals surface area contributed by atoms with E-state index in [1.807, 2.05) is 55.6 Å². The van der Waals surface area contributed by atoms with Crippen LogP contribution in [0.5, 0.6) is 0 Å². The number of carbonyl (C=O) groups is 1. The van der Waals surface area contributed by atoms with Gasteiger partial charge in [0.05, 0.1) is 10.1 Å². The van der Waals surface area contributed by atoms with Crippen molar-refractivity contribution in [2.75, 3.05) is 0 Å². The van der Waals surface area contributed by atoms with Gasteiger partial charge < -0.3 is 9.73 Å². The van der Waals surface area contributed by atoms with Gasteiger partial charge in [0.1, 0.15) is 0 Å². The Balaban J connectivity index is 1.53. The standard InChI is InChI=1S/C17H17N3O2S2/c1-11-5-7-13(8-6-11)10-18-15(21)12(2)24-17-20-19-16(22-17)14-4-3-9-23-14/h3-9,12H,10H2,1-2H3,(H,18,21)/t12-/m1/s1. The smallest absolute Gasteiger partial charge is 0.277 e. The van der Waals surface area contributed by atoms with Gasteiger partial charge in [-0.2, -0.15) is 0 Å². The number of carbonyl (C=O) groups excluding carboxylic acids is 1. The Labute approximate surface area is 148 Å². The molecule has 1 amide bonds. The van der Waals surface area contributed by atoms with Gasteiger partial charge in [0.15, 0.2) is 0 Å². The van der Waals surface area contributed by atoms with Crippen molar-refractivity contribution in [3.8, 4) is 10.8 Å². The molecular formula is C17H17N3O2S2. The Hall–Kier alpha value is -2.12. The largest absolute Gasteiger partial charge is 0.410 e. The summed E-state index contributed by atoms with van der Waals surface area (Å²) in [6, 6.07) is 11.9. The number of rotatable bonds is 6. The maximum absolute atomic E-state index is 12.2. The number of nitrogens with one attached hydrogen (secondary N) is 1. The van der Waals surface area contributed by atoms with Crippen LogP contribution in [0.25, 0.3) is 10.8 Å². The molecule has 124 valence electrons. The van der Waals surface area contributed by atoms with Gasteiger partial charge in [0.2, 0.25) is 5.91 Å². The zero-order valence-corrected chi connectivity index (χ0v) is 15.0. The average molecular weight is 359 g/mol. The van der Waals surface area contributed by atoms with E-state index in [0.29, 0.717) is 17.7 Å². The first-order chi connectivity index (χ1) is 11.6. The van der Waals surface area contributed by atoms with Crippen LogP contribution in [0.15, 0.2) is 51.4 Å². The predicted molar refractivity (Wildman–Crippen MR) is 96.0 cm³/mol. The number of aryl methyl sites for hydroxylation is 1. The quantitative estimate of drug-likeness (QED) is 0.676. The van der Waals surface area contributed by atoms with Gasteiger partial charge in [-0.15, -0.1) is 21.5 Å². The summed E-state index contributed by atoms with van der Waals surface area (Å²) in [5.41, 5.74) is 2.27. The lowest BCUT2D eigenvalue weighted by molar-refractivity contribution is -0.120. The molecule has 3 rings (SSSR count). The Morgan fingerprint density at radius 1 is 1.29 bits per heavy atom. The van der Waals surface area contributed by atoms with Gasteiger partial charge in [-0.1, -0.05) is 47.7 Å². The second kappa shape index (κ2) is 7.63. The van der Waals surface area contributed by atoms with Crippen LogP contribution in [0.4, 0.5) is 0 Å². The van der Waals surface area contributed by atoms with E-state index in [9.17, 15) is 4.79 Å². The van der Waals surface area contributed by atoms with E-state index < -0.39 is 0 Å². The van der Waals surface area contributed by atoms with Gasteiger partial charge in [-0.3, -0.25) is 4.79 Å². The Kier molecular flexibility index (Phi) is 5.32. The number of thiophene rings is 1. The van der Waals surface area contributed by atoms with Crippen LogP contribution in [0.3, 0.4) is 0 Å². The minimum atomic E-state index is -0.313. The van der Waals surface area contributed by atoms with Crippen molar-refractivity contribution < 1.29 is 9.21 Å². The normalized spacial score (nSPS) is 12.1. The van der Waals surface area contributed by atoms with Gasteiger partial charge in [0, 0.05) is 6.54 Å². The molecule has 0 aliphatic rings. The molecule has 0 saturated heterocycles. The van der Waals surface area contributed by atoms with Crippen LogP contribution < -0.4 is 5.32 Å². The Bertz CT molecular complexity index is 798. The third-order valence-electron chi connectivity index (χ3n) is 3.37. The summed E-state index contributed by atoms with van der Waals surface area (Å²) in [4.78, 5) is 13.1. The third-order valence-corrected chi connectivity index (χ3v) is 5.16. The maximum atomic E-state index is 12.2. The zero-order valence-electron chi connectivity index (χ0n) is 13.4. The van der Waals surface area contributed by atoms with E-state index in [0.717, 1.165) is 10.4 Å². The van der Waals surface area contributed by atoms with Crippen LogP contribution >= 0.6 is 23.1 Å². The van der Waals surface area contributed by atoms with Crippen molar-refractivity contribution in [2.24, 2.45) is 0 Å². The molecule has 1 N–H and O–H groups in total. The molecule has 1 aromatic carbocycles. The summed E-state index contributed by atoms with van der Waals surface area (Å²) < 4.78 is 5.60. The van der Waals surface area contributed by atoms with E-state index in [1.54, 1.807) is 0 Å². The highest BCUT2D eigenvalue weighted by molar-refractivity contribution is 8.00. The molecule has 5 nitrogen and oxygen atoms in total. The Morgan fingerprint density at radius 2 is 2.08 bits per heavy atom. The second-order valence-electron chi connectivity index (χ2n) is 5.31.